The van der Waals surface area contributed by atoms with Crippen LogP contribution < -0.4 is 4.74 Å². The number of aldehydes is 1. The van der Waals surface area contributed by atoms with Gasteiger partial charge in [-0.05, 0) is 53.6 Å². The minimum absolute atomic E-state index is 0.192. The van der Waals surface area contributed by atoms with Crippen molar-refractivity contribution >= 4 is 18.0 Å². The van der Waals surface area contributed by atoms with Crippen LogP contribution in [0.25, 0.3) is 0 Å². The molecule has 0 spiro atoms. The lowest BCUT2D eigenvalue weighted by molar-refractivity contribution is -0.109. The molecule has 0 saturated heterocycles. The van der Waals surface area contributed by atoms with E-state index in [0.29, 0.717) is 25.2 Å². The minimum Gasteiger partial charge on any atom is -0.507 e. The number of carbonyl (C=O) groups is 1. The van der Waals surface area contributed by atoms with E-state index in [4.69, 9.17) is 4.74 Å². The van der Waals surface area contributed by atoms with Crippen molar-refractivity contribution in [3.63, 3.8) is 0 Å². The van der Waals surface area contributed by atoms with E-state index in [2.05, 4.69) is 17.1 Å². The van der Waals surface area contributed by atoms with Gasteiger partial charge in [0.15, 0.2) is 0 Å². The van der Waals surface area contributed by atoms with Gasteiger partial charge in [-0.25, -0.2) is 0 Å². The predicted molar refractivity (Wildman–Crippen MR) is 126 cm³/mol. The van der Waals surface area contributed by atoms with E-state index < -0.39 is 0 Å². The van der Waals surface area contributed by atoms with E-state index in [9.17, 15) is 9.90 Å². The van der Waals surface area contributed by atoms with Crippen molar-refractivity contribution in [3.05, 3.63) is 83.2 Å². The molecule has 2 aromatic carbocycles. The molecule has 0 atom stereocenters. The van der Waals surface area contributed by atoms with Crippen molar-refractivity contribution in [3.8, 4) is 11.5 Å². The summed E-state index contributed by atoms with van der Waals surface area (Å²) < 4.78 is 6.02. The topological polar surface area (TPSA) is 59.4 Å². The fourth-order valence-electron chi connectivity index (χ4n) is 3.42. The fraction of sp³-hybridized carbons (Fsp3) is 0.308. The van der Waals surface area contributed by atoms with Crippen LogP contribution in [-0.4, -0.2) is 16.4 Å². The number of hydrogen-bond donors (Lipinski definition) is 1. The van der Waals surface area contributed by atoms with E-state index in [1.165, 1.54) is 10.5 Å². The highest BCUT2D eigenvalue weighted by atomic mass is 32.2. The molecule has 3 aromatic rings. The quantitative estimate of drug-likeness (QED) is 0.307. The lowest BCUT2D eigenvalue weighted by atomic mass is 9.82. The van der Waals surface area contributed by atoms with Gasteiger partial charge in [0.05, 0.1) is 0 Å². The van der Waals surface area contributed by atoms with Gasteiger partial charge in [0, 0.05) is 35.0 Å². The van der Waals surface area contributed by atoms with Crippen molar-refractivity contribution in [2.45, 2.75) is 50.9 Å². The molecule has 0 saturated carbocycles. The maximum absolute atomic E-state index is 10.9. The molecule has 31 heavy (non-hydrogen) atoms. The number of aromatic nitrogens is 1. The largest absolute Gasteiger partial charge is 0.507 e. The zero-order valence-corrected chi connectivity index (χ0v) is 19.1. The zero-order chi connectivity index (χ0) is 22.3. The molecule has 0 bridgehead atoms. The van der Waals surface area contributed by atoms with Crippen LogP contribution in [0.3, 0.4) is 0 Å². The van der Waals surface area contributed by atoms with Gasteiger partial charge in [-0.3, -0.25) is 4.98 Å². The lowest BCUT2D eigenvalue weighted by Gasteiger charge is -2.23. The number of phenols is 1. The molecule has 1 N–H and O–H groups in total. The molecule has 0 amide bonds. The monoisotopic (exact) mass is 435 g/mol. The SMILES string of the molecule is Cc1c(OCc2cccc(CSc3ccncc3)c2)ccc(CC(C)(C)CC=O)c1O. The number of carbonyl (C=O) groups excluding carboxylic acids is 1. The van der Waals surface area contributed by atoms with E-state index in [0.717, 1.165) is 28.7 Å². The van der Waals surface area contributed by atoms with Gasteiger partial charge in [-0.1, -0.05) is 44.2 Å². The molecule has 3 rings (SSSR count). The van der Waals surface area contributed by atoms with Crippen molar-refractivity contribution in [1.29, 1.82) is 0 Å². The van der Waals surface area contributed by atoms with Gasteiger partial charge in [0.25, 0.3) is 0 Å². The first-order valence-electron chi connectivity index (χ1n) is 10.4. The normalized spacial score (nSPS) is 11.3. The Balaban J connectivity index is 1.63. The summed E-state index contributed by atoms with van der Waals surface area (Å²) in [4.78, 5) is 16.1. The van der Waals surface area contributed by atoms with Crippen molar-refractivity contribution in [2.75, 3.05) is 0 Å². The molecule has 162 valence electrons. The number of benzene rings is 2. The summed E-state index contributed by atoms with van der Waals surface area (Å²) in [6, 6.07) is 16.2. The van der Waals surface area contributed by atoms with E-state index in [1.54, 1.807) is 24.2 Å². The van der Waals surface area contributed by atoms with E-state index >= 15 is 0 Å². The summed E-state index contributed by atoms with van der Waals surface area (Å²) in [5, 5.41) is 10.7. The van der Waals surface area contributed by atoms with Gasteiger partial charge in [-0.2, -0.15) is 0 Å². The fourth-order valence-corrected chi connectivity index (χ4v) is 4.25. The number of aromatic hydroxyl groups is 1. The Morgan fingerprint density at radius 2 is 1.84 bits per heavy atom. The third-order valence-corrected chi connectivity index (χ3v) is 6.29. The maximum atomic E-state index is 10.9. The van der Waals surface area contributed by atoms with Gasteiger partial charge < -0.3 is 14.6 Å². The Labute approximate surface area is 188 Å². The Hall–Kier alpha value is -2.79. The van der Waals surface area contributed by atoms with E-state index in [-0.39, 0.29) is 11.2 Å². The number of thioether (sulfide) groups is 1. The average molecular weight is 436 g/mol. The first kappa shape index (κ1) is 22.9. The smallest absolute Gasteiger partial charge is 0.126 e. The van der Waals surface area contributed by atoms with Crippen LogP contribution in [0.1, 0.15) is 42.5 Å². The number of ether oxygens (including phenoxy) is 1. The molecular formula is C26H29NO3S. The Bertz CT molecular complexity index is 1020. The first-order chi connectivity index (χ1) is 14.9. The molecule has 0 unspecified atom stereocenters. The van der Waals surface area contributed by atoms with Crippen LogP contribution in [-0.2, 0) is 23.6 Å². The first-order valence-corrected chi connectivity index (χ1v) is 11.3. The highest BCUT2D eigenvalue weighted by Crippen LogP contribution is 2.35. The minimum atomic E-state index is -0.192. The van der Waals surface area contributed by atoms with Crippen LogP contribution in [0.2, 0.25) is 0 Å². The second kappa shape index (κ2) is 10.5. The molecule has 0 aliphatic heterocycles. The van der Waals surface area contributed by atoms with Crippen LogP contribution in [0.4, 0.5) is 0 Å². The lowest BCUT2D eigenvalue weighted by Crippen LogP contribution is -2.15. The molecule has 4 nitrogen and oxygen atoms in total. The second-order valence-corrected chi connectivity index (χ2v) is 9.54. The summed E-state index contributed by atoms with van der Waals surface area (Å²) >= 11 is 1.77. The summed E-state index contributed by atoms with van der Waals surface area (Å²) in [5.41, 5.74) is 3.69. The number of nitrogens with zero attached hydrogens (tertiary/aromatic N) is 1. The molecular weight excluding hydrogens is 406 g/mol. The molecule has 5 heteroatoms. The van der Waals surface area contributed by atoms with Crippen LogP contribution in [0.5, 0.6) is 11.5 Å². The molecule has 0 aliphatic rings. The number of rotatable bonds is 10. The molecule has 1 aromatic heterocycles. The van der Waals surface area contributed by atoms with Crippen molar-refractivity contribution in [1.82, 2.24) is 4.98 Å². The van der Waals surface area contributed by atoms with Crippen molar-refractivity contribution < 1.29 is 14.6 Å². The second-order valence-electron chi connectivity index (χ2n) is 8.49. The summed E-state index contributed by atoms with van der Waals surface area (Å²) in [7, 11) is 0. The molecule has 0 fully saturated rings. The summed E-state index contributed by atoms with van der Waals surface area (Å²) in [6.07, 6.45) is 5.64. The van der Waals surface area contributed by atoms with Crippen molar-refractivity contribution in [2.24, 2.45) is 5.41 Å². The number of hydrogen-bond acceptors (Lipinski definition) is 5. The highest BCUT2D eigenvalue weighted by molar-refractivity contribution is 7.98. The standard InChI is InChI=1S/C26H29NO3S/c1-19-24(8-7-22(25(19)29)16-26(2,3)11-14-28)30-17-20-5-4-6-21(15-20)18-31-23-9-12-27-13-10-23/h4-10,12-15,29H,11,16-18H2,1-3H3. The number of pyridine rings is 1. The predicted octanol–water partition coefficient (Wildman–Crippen LogP) is 6.12. The summed E-state index contributed by atoms with van der Waals surface area (Å²) in [6.45, 7) is 6.35. The van der Waals surface area contributed by atoms with E-state index in [1.807, 2.05) is 57.2 Å². The van der Waals surface area contributed by atoms with Crippen LogP contribution in [0.15, 0.2) is 65.8 Å². The Morgan fingerprint density at radius 1 is 1.10 bits per heavy atom. The maximum Gasteiger partial charge on any atom is 0.126 e. The molecule has 1 heterocycles. The molecule has 0 aliphatic carbocycles. The van der Waals surface area contributed by atoms with Gasteiger partial charge >= 0.3 is 0 Å². The van der Waals surface area contributed by atoms with Crippen LogP contribution >= 0.6 is 11.8 Å². The van der Waals surface area contributed by atoms with Gasteiger partial charge in [0.1, 0.15) is 24.4 Å². The molecule has 0 radical (unpaired) electrons. The summed E-state index contributed by atoms with van der Waals surface area (Å²) in [5.74, 6) is 1.80. The third kappa shape index (κ3) is 6.59. The third-order valence-electron chi connectivity index (χ3n) is 5.21. The van der Waals surface area contributed by atoms with Crippen LogP contribution in [0, 0.1) is 12.3 Å². The Morgan fingerprint density at radius 3 is 2.58 bits per heavy atom. The zero-order valence-electron chi connectivity index (χ0n) is 18.3. The average Bonchev–Trinajstić information content (AvgIpc) is 2.76. The van der Waals surface area contributed by atoms with Gasteiger partial charge in [-0.15, -0.1) is 11.8 Å². The Kier molecular flexibility index (Phi) is 7.75. The number of phenolic OH excluding ortho intramolecular Hbond substituents is 1. The van der Waals surface area contributed by atoms with Gasteiger partial charge in [0.2, 0.25) is 0 Å². The highest BCUT2D eigenvalue weighted by Gasteiger charge is 2.21.